The van der Waals surface area contributed by atoms with Crippen LogP contribution in [-0.4, -0.2) is 42.6 Å². The number of esters is 1. The number of carboxylic acids is 1. The zero-order valence-electron chi connectivity index (χ0n) is 27.8. The minimum Gasteiger partial charge on any atom is -0.481 e. The maximum absolute atomic E-state index is 12.8. The molecular weight excluding hydrogens is 576 g/mol. The van der Waals surface area contributed by atoms with E-state index >= 15 is 0 Å². The summed E-state index contributed by atoms with van der Waals surface area (Å²) in [5, 5.41) is 9.54. The molecule has 0 unspecified atom stereocenters. The van der Waals surface area contributed by atoms with E-state index in [-0.39, 0.29) is 18.8 Å². The fourth-order valence-electron chi connectivity index (χ4n) is 6.16. The average Bonchev–Trinajstić information content (AvgIpc) is 3.63. The number of carbonyl (C=O) groups is 2. The minimum atomic E-state index is -0.869. The maximum Gasteiger partial charge on any atom is 0.306 e. The van der Waals surface area contributed by atoms with Crippen LogP contribution < -0.4 is 0 Å². The molecule has 0 radical (unpaired) electrons. The van der Waals surface area contributed by atoms with Gasteiger partial charge in [0.2, 0.25) is 0 Å². The fourth-order valence-corrected chi connectivity index (χ4v) is 6.16. The SMILES string of the molecule is C=CC1=C(C)c2cc3[nH]c(cc4nc(cc5[nH]c(cc1n2)c(C)c5CCC(=O)OC(C)(C)C)C(CCC(=O)O)=C4C)c(C)c3C=C. The smallest absolute Gasteiger partial charge is 0.306 e. The van der Waals surface area contributed by atoms with Gasteiger partial charge in [-0.15, -0.1) is 0 Å². The van der Waals surface area contributed by atoms with Crippen LogP contribution in [0.25, 0.3) is 50.4 Å². The van der Waals surface area contributed by atoms with E-state index < -0.39 is 11.6 Å². The van der Waals surface area contributed by atoms with E-state index in [0.29, 0.717) is 18.5 Å². The van der Waals surface area contributed by atoms with Gasteiger partial charge in [-0.1, -0.05) is 25.3 Å². The van der Waals surface area contributed by atoms with Gasteiger partial charge in [0.15, 0.2) is 0 Å². The number of aliphatic carboxylic acids is 1. The van der Waals surface area contributed by atoms with Crippen molar-refractivity contribution in [2.24, 2.45) is 0 Å². The van der Waals surface area contributed by atoms with E-state index in [4.69, 9.17) is 14.7 Å². The molecule has 2 aliphatic heterocycles. The summed E-state index contributed by atoms with van der Waals surface area (Å²) >= 11 is 0. The highest BCUT2D eigenvalue weighted by molar-refractivity contribution is 5.98. The minimum absolute atomic E-state index is 0.0171. The van der Waals surface area contributed by atoms with Crippen molar-refractivity contribution in [1.82, 2.24) is 19.9 Å². The Morgan fingerprint density at radius 2 is 1.37 bits per heavy atom. The number of carboxylic acid groups (broad SMARTS) is 1. The van der Waals surface area contributed by atoms with Crippen LogP contribution in [0.15, 0.2) is 43.5 Å². The number of aromatic nitrogens is 4. The van der Waals surface area contributed by atoms with Crippen molar-refractivity contribution in [1.29, 1.82) is 0 Å². The first kappa shape index (κ1) is 32.4. The number of aromatic amines is 2. The highest BCUT2D eigenvalue weighted by atomic mass is 16.6. The number of nitrogens with one attached hydrogen (secondary N) is 2. The van der Waals surface area contributed by atoms with Gasteiger partial charge >= 0.3 is 11.9 Å². The van der Waals surface area contributed by atoms with Gasteiger partial charge in [-0.05, 0) is 119 Å². The molecule has 0 atom stereocenters. The second kappa shape index (κ2) is 12.4. The summed E-state index contributed by atoms with van der Waals surface area (Å²) in [7, 11) is 0. The second-order valence-electron chi connectivity index (χ2n) is 12.9. The number of ether oxygens (including phenoxy) is 1. The number of hydrogen-bond acceptors (Lipinski definition) is 5. The largest absolute Gasteiger partial charge is 0.481 e. The van der Waals surface area contributed by atoms with E-state index in [1.54, 1.807) is 0 Å². The van der Waals surface area contributed by atoms with Crippen LogP contribution in [0.4, 0.5) is 0 Å². The first-order chi connectivity index (χ1) is 21.7. The molecule has 8 heteroatoms. The number of H-pyrrole nitrogens is 2. The lowest BCUT2D eigenvalue weighted by molar-refractivity contribution is -0.154. The van der Waals surface area contributed by atoms with Crippen molar-refractivity contribution < 1.29 is 19.4 Å². The van der Waals surface area contributed by atoms with E-state index in [1.807, 2.05) is 84.9 Å². The number of nitrogens with zero attached hydrogens (tertiary/aromatic N) is 2. The Kier molecular flexibility index (Phi) is 8.76. The van der Waals surface area contributed by atoms with Crippen LogP contribution in [0.3, 0.4) is 0 Å². The fraction of sp³-hybridized carbons (Fsp3) is 0.316. The van der Waals surface area contributed by atoms with Gasteiger partial charge in [-0.3, -0.25) is 9.59 Å². The topological polar surface area (TPSA) is 121 Å². The molecule has 8 nitrogen and oxygen atoms in total. The third-order valence-corrected chi connectivity index (χ3v) is 8.63. The highest BCUT2D eigenvalue weighted by Crippen LogP contribution is 2.36. The molecule has 238 valence electrons. The molecular formula is C38H42N4O4. The Morgan fingerprint density at radius 3 is 2.02 bits per heavy atom. The first-order valence-electron chi connectivity index (χ1n) is 15.6. The van der Waals surface area contributed by atoms with Crippen molar-refractivity contribution in [3.05, 3.63) is 88.5 Å². The molecule has 0 saturated carbocycles. The molecule has 3 aromatic rings. The number of aryl methyl sites for hydroxylation is 3. The Balaban J connectivity index is 1.86. The van der Waals surface area contributed by atoms with Gasteiger partial charge in [0, 0.05) is 46.0 Å². The highest BCUT2D eigenvalue weighted by Gasteiger charge is 2.22. The lowest BCUT2D eigenvalue weighted by atomic mass is 10.00. The van der Waals surface area contributed by atoms with Crippen LogP contribution in [0.1, 0.15) is 98.9 Å². The quantitative estimate of drug-likeness (QED) is 0.217. The molecule has 0 aliphatic carbocycles. The molecule has 2 aliphatic rings. The normalized spacial score (nSPS) is 13.3. The van der Waals surface area contributed by atoms with Gasteiger partial charge in [0.25, 0.3) is 0 Å². The molecule has 0 spiro atoms. The number of rotatable bonds is 8. The zero-order valence-corrected chi connectivity index (χ0v) is 27.8. The Morgan fingerprint density at radius 1 is 0.783 bits per heavy atom. The molecule has 8 bridgehead atoms. The van der Waals surface area contributed by atoms with Crippen LogP contribution in [0, 0.1) is 13.8 Å². The zero-order chi connectivity index (χ0) is 33.5. The van der Waals surface area contributed by atoms with Crippen LogP contribution >= 0.6 is 0 Å². The van der Waals surface area contributed by atoms with Gasteiger partial charge in [-0.2, -0.15) is 0 Å². The third kappa shape index (κ3) is 6.38. The summed E-state index contributed by atoms with van der Waals surface area (Å²) < 4.78 is 5.61. The summed E-state index contributed by atoms with van der Waals surface area (Å²) in [6.45, 7) is 21.8. The maximum atomic E-state index is 12.8. The molecule has 5 rings (SSSR count). The van der Waals surface area contributed by atoms with Crippen LogP contribution in [0.2, 0.25) is 0 Å². The Hall–Kier alpha value is -4.98. The number of carbonyl (C=O) groups excluding carboxylic acids is 1. The van der Waals surface area contributed by atoms with Crippen molar-refractivity contribution in [3.63, 3.8) is 0 Å². The molecule has 0 aromatic carbocycles. The van der Waals surface area contributed by atoms with Crippen molar-refractivity contribution >= 4 is 62.4 Å². The van der Waals surface area contributed by atoms with Crippen molar-refractivity contribution in [2.45, 2.75) is 79.8 Å². The summed E-state index contributed by atoms with van der Waals surface area (Å²) in [6, 6.07) is 8.04. The molecule has 0 amide bonds. The van der Waals surface area contributed by atoms with E-state index in [1.165, 1.54) is 0 Å². The van der Waals surface area contributed by atoms with Gasteiger partial charge < -0.3 is 19.8 Å². The molecule has 46 heavy (non-hydrogen) atoms. The van der Waals surface area contributed by atoms with Crippen LogP contribution in [0.5, 0.6) is 0 Å². The standard InChI is InChI=1S/C38H42N4O4/c1-10-24-20(3)28-16-29-22(5)26(12-14-36(43)44)34(41-29)19-35-27(13-15-37(45)46-38(7,8)9)23(6)31(42-35)18-33-25(11-2)21(4)30(40-33)17-32(24)39-28/h10-11,16-19,39,42H,1-2,12-15H2,3-9H3,(H,43,44). The molecule has 5 heterocycles. The van der Waals surface area contributed by atoms with Gasteiger partial charge in [0.05, 0.1) is 22.8 Å². The molecule has 3 N–H and O–H groups in total. The number of fused-ring (bicyclic) bond motifs is 8. The molecule has 0 fully saturated rings. The monoisotopic (exact) mass is 618 g/mol. The Bertz CT molecular complexity index is 2030. The van der Waals surface area contributed by atoms with Crippen LogP contribution in [-0.2, 0) is 20.7 Å². The lowest BCUT2D eigenvalue weighted by Gasteiger charge is -2.19. The van der Waals surface area contributed by atoms with Crippen molar-refractivity contribution in [2.75, 3.05) is 0 Å². The van der Waals surface area contributed by atoms with Gasteiger partial charge in [-0.25, -0.2) is 9.97 Å². The van der Waals surface area contributed by atoms with Crippen molar-refractivity contribution in [3.8, 4) is 0 Å². The summed E-state index contributed by atoms with van der Waals surface area (Å²) in [5.41, 5.74) is 13.6. The van der Waals surface area contributed by atoms with E-state index in [2.05, 4.69) is 23.1 Å². The molecule has 0 saturated heterocycles. The predicted molar refractivity (Wildman–Crippen MR) is 187 cm³/mol. The summed E-state index contributed by atoms with van der Waals surface area (Å²) in [6.07, 6.45) is 4.65. The summed E-state index contributed by atoms with van der Waals surface area (Å²) in [5.74, 6) is -1.14. The first-order valence-corrected chi connectivity index (χ1v) is 15.6. The number of hydrogen-bond donors (Lipinski definition) is 3. The van der Waals surface area contributed by atoms with E-state index in [0.717, 1.165) is 83.7 Å². The van der Waals surface area contributed by atoms with Gasteiger partial charge in [0.1, 0.15) is 5.60 Å². The number of allylic oxidation sites excluding steroid dienone is 5. The average molecular weight is 619 g/mol. The van der Waals surface area contributed by atoms with E-state index in [9.17, 15) is 14.7 Å². The third-order valence-electron chi connectivity index (χ3n) is 8.63. The lowest BCUT2D eigenvalue weighted by Crippen LogP contribution is -2.24. The Labute approximate surface area is 269 Å². The predicted octanol–water partition coefficient (Wildman–Crippen LogP) is 8.76. The summed E-state index contributed by atoms with van der Waals surface area (Å²) in [4.78, 5) is 41.6. The molecule has 3 aromatic heterocycles. The second-order valence-corrected chi connectivity index (χ2v) is 12.9.